The van der Waals surface area contributed by atoms with Crippen molar-refractivity contribution in [1.29, 1.82) is 0 Å². The SMILES string of the molecule is NC(=O)NC(=O)CN1CCCN(c2ncc(C(F)(F)F)cc2Cl)CC1. The maximum Gasteiger partial charge on any atom is 0.417 e. The second-order valence-corrected chi connectivity index (χ2v) is 5.96. The minimum atomic E-state index is -4.50. The fourth-order valence-electron chi connectivity index (χ4n) is 2.54. The second-order valence-electron chi connectivity index (χ2n) is 5.56. The van der Waals surface area contributed by atoms with Gasteiger partial charge in [0.1, 0.15) is 5.82 Å². The van der Waals surface area contributed by atoms with Gasteiger partial charge in [-0.2, -0.15) is 13.2 Å². The number of nitrogens with two attached hydrogens (primary N) is 1. The maximum absolute atomic E-state index is 12.7. The maximum atomic E-state index is 12.7. The topological polar surface area (TPSA) is 91.6 Å². The number of amides is 3. The number of alkyl halides is 3. The van der Waals surface area contributed by atoms with Gasteiger partial charge in [-0.1, -0.05) is 11.6 Å². The van der Waals surface area contributed by atoms with E-state index in [9.17, 15) is 22.8 Å². The van der Waals surface area contributed by atoms with Gasteiger partial charge in [-0.15, -0.1) is 0 Å². The summed E-state index contributed by atoms with van der Waals surface area (Å²) in [5.74, 6) is -0.232. The Morgan fingerprint density at radius 3 is 2.60 bits per heavy atom. The summed E-state index contributed by atoms with van der Waals surface area (Å²) in [6.45, 7) is 2.02. The number of primary amides is 1. The molecule has 7 nitrogen and oxygen atoms in total. The van der Waals surface area contributed by atoms with Crippen LogP contribution in [0.1, 0.15) is 12.0 Å². The number of aromatic nitrogens is 1. The van der Waals surface area contributed by atoms with Crippen molar-refractivity contribution >= 4 is 29.4 Å². The first-order chi connectivity index (χ1) is 11.7. The van der Waals surface area contributed by atoms with E-state index in [2.05, 4.69) is 4.98 Å². The molecule has 0 saturated carbocycles. The molecular formula is C14H17ClF3N5O2. The van der Waals surface area contributed by atoms with Gasteiger partial charge in [0.25, 0.3) is 0 Å². The molecule has 0 aromatic carbocycles. The third-order valence-corrected chi connectivity index (χ3v) is 3.95. The molecule has 1 fully saturated rings. The van der Waals surface area contributed by atoms with Crippen molar-refractivity contribution in [2.45, 2.75) is 12.6 Å². The Bertz CT molecular complexity index is 656. The highest BCUT2D eigenvalue weighted by Crippen LogP contribution is 2.33. The van der Waals surface area contributed by atoms with Crippen molar-refractivity contribution in [3.63, 3.8) is 0 Å². The van der Waals surface area contributed by atoms with E-state index in [0.717, 1.165) is 12.3 Å². The van der Waals surface area contributed by atoms with Gasteiger partial charge in [0.2, 0.25) is 5.91 Å². The van der Waals surface area contributed by atoms with E-state index < -0.39 is 23.7 Å². The van der Waals surface area contributed by atoms with E-state index >= 15 is 0 Å². The molecule has 1 aliphatic rings. The quantitative estimate of drug-likeness (QED) is 0.829. The second kappa shape index (κ2) is 7.87. The Balaban J connectivity index is 2.01. The largest absolute Gasteiger partial charge is 0.417 e. The van der Waals surface area contributed by atoms with Crippen LogP contribution < -0.4 is 16.0 Å². The zero-order chi connectivity index (χ0) is 18.6. The number of imide groups is 1. The minimum absolute atomic E-state index is 0.00491. The van der Waals surface area contributed by atoms with Gasteiger partial charge in [-0.05, 0) is 12.5 Å². The van der Waals surface area contributed by atoms with Crippen LogP contribution in [-0.2, 0) is 11.0 Å². The molecule has 3 amide bonds. The van der Waals surface area contributed by atoms with E-state index in [1.807, 2.05) is 10.2 Å². The molecule has 1 aromatic heterocycles. The van der Waals surface area contributed by atoms with Crippen LogP contribution in [0.15, 0.2) is 12.3 Å². The van der Waals surface area contributed by atoms with Crippen LogP contribution in [0, 0.1) is 0 Å². The lowest BCUT2D eigenvalue weighted by Gasteiger charge is -2.23. The summed E-state index contributed by atoms with van der Waals surface area (Å²) in [5.41, 5.74) is 3.98. The average Bonchev–Trinajstić information content (AvgIpc) is 2.71. The van der Waals surface area contributed by atoms with E-state index in [1.165, 1.54) is 0 Å². The predicted octanol–water partition coefficient (Wildman–Crippen LogP) is 1.46. The number of anilines is 1. The monoisotopic (exact) mass is 379 g/mol. The molecule has 0 aliphatic carbocycles. The van der Waals surface area contributed by atoms with E-state index in [1.54, 1.807) is 4.90 Å². The van der Waals surface area contributed by atoms with Crippen molar-refractivity contribution in [1.82, 2.24) is 15.2 Å². The molecule has 2 rings (SSSR count). The zero-order valence-electron chi connectivity index (χ0n) is 13.1. The lowest BCUT2D eigenvalue weighted by molar-refractivity contribution is -0.137. The van der Waals surface area contributed by atoms with Crippen LogP contribution in [-0.4, -0.2) is 54.5 Å². The molecule has 0 bridgehead atoms. The van der Waals surface area contributed by atoms with Gasteiger partial charge in [-0.3, -0.25) is 15.0 Å². The predicted molar refractivity (Wildman–Crippen MR) is 85.2 cm³/mol. The summed E-state index contributed by atoms with van der Waals surface area (Å²) >= 11 is 5.97. The molecule has 1 saturated heterocycles. The highest BCUT2D eigenvalue weighted by molar-refractivity contribution is 6.33. The van der Waals surface area contributed by atoms with E-state index in [4.69, 9.17) is 17.3 Å². The van der Waals surface area contributed by atoms with Crippen LogP contribution in [0.5, 0.6) is 0 Å². The molecule has 0 atom stereocenters. The fourth-order valence-corrected chi connectivity index (χ4v) is 2.83. The first-order valence-corrected chi connectivity index (χ1v) is 7.84. The summed E-state index contributed by atoms with van der Waals surface area (Å²) in [4.78, 5) is 29.7. The molecule has 2 heterocycles. The smallest absolute Gasteiger partial charge is 0.354 e. The van der Waals surface area contributed by atoms with Crippen molar-refractivity contribution in [2.75, 3.05) is 37.6 Å². The number of hydrogen-bond acceptors (Lipinski definition) is 5. The van der Waals surface area contributed by atoms with Gasteiger partial charge >= 0.3 is 12.2 Å². The number of pyridine rings is 1. The summed E-state index contributed by atoms with van der Waals surface area (Å²) in [6, 6.07) is -0.0606. The van der Waals surface area contributed by atoms with Gasteiger partial charge in [0.15, 0.2) is 0 Å². The molecule has 0 radical (unpaired) electrons. The van der Waals surface area contributed by atoms with Crippen molar-refractivity contribution < 1.29 is 22.8 Å². The van der Waals surface area contributed by atoms with E-state index in [-0.39, 0.29) is 17.4 Å². The summed E-state index contributed by atoms with van der Waals surface area (Å²) in [6.07, 6.45) is -3.09. The van der Waals surface area contributed by atoms with Gasteiger partial charge in [0, 0.05) is 32.4 Å². The van der Waals surface area contributed by atoms with Crippen molar-refractivity contribution in [2.24, 2.45) is 5.73 Å². The molecule has 0 spiro atoms. The molecule has 0 unspecified atom stereocenters. The first kappa shape index (κ1) is 19.3. The third-order valence-electron chi connectivity index (χ3n) is 3.67. The number of carbonyl (C=O) groups excluding carboxylic acids is 2. The van der Waals surface area contributed by atoms with Crippen molar-refractivity contribution in [3.05, 3.63) is 22.8 Å². The first-order valence-electron chi connectivity index (χ1n) is 7.46. The van der Waals surface area contributed by atoms with Gasteiger partial charge < -0.3 is 10.6 Å². The Labute approximate surface area is 146 Å². The summed E-state index contributed by atoms with van der Waals surface area (Å²) < 4.78 is 38.0. The van der Waals surface area contributed by atoms with Crippen LogP contribution in [0.25, 0.3) is 0 Å². The molecule has 25 heavy (non-hydrogen) atoms. The van der Waals surface area contributed by atoms with Crippen LogP contribution >= 0.6 is 11.6 Å². The molecular weight excluding hydrogens is 363 g/mol. The Kier molecular flexibility index (Phi) is 6.07. The van der Waals surface area contributed by atoms with Crippen LogP contribution in [0.3, 0.4) is 0 Å². The highest BCUT2D eigenvalue weighted by atomic mass is 35.5. The number of urea groups is 1. The molecule has 1 aliphatic heterocycles. The lowest BCUT2D eigenvalue weighted by Crippen LogP contribution is -2.43. The standard InChI is InChI=1S/C14H17ClF3N5O2/c15-10-6-9(14(16,17)18)7-20-12(10)23-3-1-2-22(4-5-23)8-11(24)21-13(19)25/h6-7H,1-5,8H2,(H3,19,21,24,25). The molecule has 11 heteroatoms. The number of halogens is 4. The Hall–Kier alpha value is -2.07. The lowest BCUT2D eigenvalue weighted by atomic mass is 10.2. The Morgan fingerprint density at radius 1 is 1.28 bits per heavy atom. The third kappa shape index (κ3) is 5.46. The summed E-state index contributed by atoms with van der Waals surface area (Å²) in [5, 5.41) is 1.91. The molecule has 1 aromatic rings. The average molecular weight is 380 g/mol. The number of carbonyl (C=O) groups is 2. The minimum Gasteiger partial charge on any atom is -0.354 e. The van der Waals surface area contributed by atoms with Crippen molar-refractivity contribution in [3.8, 4) is 0 Å². The number of nitrogens with one attached hydrogen (secondary N) is 1. The van der Waals surface area contributed by atoms with Crippen LogP contribution in [0.2, 0.25) is 5.02 Å². The molecule has 138 valence electrons. The normalized spacial score (nSPS) is 16.4. The zero-order valence-corrected chi connectivity index (χ0v) is 13.9. The molecule has 3 N–H and O–H groups in total. The number of hydrogen-bond donors (Lipinski definition) is 2. The van der Waals surface area contributed by atoms with Gasteiger partial charge in [-0.25, -0.2) is 9.78 Å². The van der Waals surface area contributed by atoms with Crippen LogP contribution in [0.4, 0.5) is 23.8 Å². The number of nitrogens with zero attached hydrogens (tertiary/aromatic N) is 3. The Morgan fingerprint density at radius 2 is 2.00 bits per heavy atom. The number of rotatable bonds is 3. The highest BCUT2D eigenvalue weighted by Gasteiger charge is 2.32. The van der Waals surface area contributed by atoms with E-state index in [0.29, 0.717) is 32.6 Å². The van der Waals surface area contributed by atoms with Gasteiger partial charge in [0.05, 0.1) is 17.1 Å². The fraction of sp³-hybridized carbons (Fsp3) is 0.500. The summed E-state index contributed by atoms with van der Waals surface area (Å²) in [7, 11) is 0.